The fourth-order valence-corrected chi connectivity index (χ4v) is 3.18. The number of benzene rings is 2. The van der Waals surface area contributed by atoms with E-state index in [9.17, 15) is 21.6 Å². The Morgan fingerprint density at radius 3 is 2.48 bits per heavy atom. The summed E-state index contributed by atoms with van der Waals surface area (Å²) >= 11 is 9.66. The minimum atomic E-state index is -4.69. The minimum absolute atomic E-state index is 0.0542. The molecule has 0 aliphatic heterocycles. The number of hydrogen-bond donors (Lipinski definition) is 2. The first-order valence-corrected chi connectivity index (χ1v) is 9.32. The normalized spacial score (nSPS) is 11.6. The fraction of sp³-hybridized carbons (Fsp3) is 0.133. The third-order valence-electron chi connectivity index (χ3n) is 3.01. The summed E-state index contributed by atoms with van der Waals surface area (Å²) in [7, 11) is -3.58. The number of thiocyanates is 1. The van der Waals surface area contributed by atoms with Crippen LogP contribution in [0.2, 0.25) is 5.02 Å². The summed E-state index contributed by atoms with van der Waals surface area (Å²) in [6.07, 6.45) is -3.75. The van der Waals surface area contributed by atoms with Gasteiger partial charge in [0.1, 0.15) is 0 Å². The second-order valence-electron chi connectivity index (χ2n) is 5.01. The van der Waals surface area contributed by atoms with Crippen LogP contribution in [0, 0.1) is 5.40 Å². The Hall–Kier alpha value is -1.89. The van der Waals surface area contributed by atoms with E-state index in [2.05, 4.69) is 27.6 Å². The average molecular weight is 408 g/mol. The number of thiol groups is 1. The van der Waals surface area contributed by atoms with Gasteiger partial charge in [0.05, 0.1) is 16.8 Å². The van der Waals surface area contributed by atoms with Gasteiger partial charge in [-0.1, -0.05) is 23.7 Å². The number of rotatable bonds is 3. The van der Waals surface area contributed by atoms with Crippen molar-refractivity contribution >= 4 is 45.6 Å². The number of halogens is 4. The zero-order chi connectivity index (χ0) is 18.8. The van der Waals surface area contributed by atoms with Crippen LogP contribution in [0.3, 0.4) is 0 Å². The third-order valence-corrected chi connectivity index (χ3v) is 4.02. The highest BCUT2D eigenvalue weighted by Gasteiger charge is 2.36. The number of anilines is 1. The Morgan fingerprint density at radius 2 is 1.92 bits per heavy atom. The van der Waals surface area contributed by atoms with Gasteiger partial charge < -0.3 is 0 Å². The number of alkyl halides is 3. The predicted molar refractivity (Wildman–Crippen MR) is 96.2 cm³/mol. The van der Waals surface area contributed by atoms with Crippen molar-refractivity contribution in [3.63, 3.8) is 0 Å². The molecule has 0 heterocycles. The van der Waals surface area contributed by atoms with E-state index in [0.717, 1.165) is 12.3 Å². The first kappa shape index (κ1) is 19.4. The molecule has 0 unspecified atom stereocenters. The van der Waals surface area contributed by atoms with E-state index in [0.29, 0.717) is 0 Å². The molecule has 0 atom stereocenters. The first-order valence-electron chi connectivity index (χ1n) is 6.60. The molecule has 25 heavy (non-hydrogen) atoms. The van der Waals surface area contributed by atoms with Crippen molar-refractivity contribution in [2.24, 2.45) is 0 Å². The number of sulfonamides is 1. The molecule has 0 radical (unpaired) electrons. The largest absolute Gasteiger partial charge is 0.417 e. The molecule has 132 valence electrons. The second kappa shape index (κ2) is 7.15. The van der Waals surface area contributed by atoms with Gasteiger partial charge in [0.15, 0.2) is 0 Å². The van der Waals surface area contributed by atoms with E-state index < -0.39 is 21.8 Å². The molecular formula is C15H11ClF3N2O2S2+. The molecule has 0 aliphatic rings. The van der Waals surface area contributed by atoms with Crippen LogP contribution in [0.1, 0.15) is 5.56 Å². The summed E-state index contributed by atoms with van der Waals surface area (Å²) in [6, 6.07) is 7.57. The van der Waals surface area contributed by atoms with Crippen LogP contribution >= 0.6 is 24.2 Å². The zero-order valence-electron chi connectivity index (χ0n) is 12.6. The van der Waals surface area contributed by atoms with Crippen molar-refractivity contribution in [1.82, 2.24) is 0 Å². The molecule has 0 fully saturated rings. The molecule has 0 aromatic heterocycles. The highest BCUT2D eigenvalue weighted by atomic mass is 35.5. The van der Waals surface area contributed by atoms with Crippen LogP contribution in [0.4, 0.5) is 24.5 Å². The van der Waals surface area contributed by atoms with E-state index in [1.54, 1.807) is 0 Å². The minimum Gasteiger partial charge on any atom is -0.284 e. The molecule has 10 heteroatoms. The highest BCUT2D eigenvalue weighted by Crippen LogP contribution is 2.43. The maximum atomic E-state index is 13.5. The molecule has 0 amide bonds. The van der Waals surface area contributed by atoms with Crippen molar-refractivity contribution in [2.75, 3.05) is 11.0 Å². The summed E-state index contributed by atoms with van der Waals surface area (Å²) in [4.78, 5) is 3.58. The molecule has 0 aliphatic carbocycles. The molecule has 4 nitrogen and oxygen atoms in total. The molecule has 0 saturated carbocycles. The maximum absolute atomic E-state index is 13.5. The highest BCUT2D eigenvalue weighted by molar-refractivity contribution is 7.92. The van der Waals surface area contributed by atoms with Gasteiger partial charge in [0.2, 0.25) is 10.0 Å². The zero-order valence-corrected chi connectivity index (χ0v) is 15.1. The van der Waals surface area contributed by atoms with Gasteiger partial charge in [-0.05, 0) is 35.2 Å². The van der Waals surface area contributed by atoms with Crippen molar-refractivity contribution in [1.29, 1.82) is 0 Å². The van der Waals surface area contributed by atoms with E-state index in [1.165, 1.54) is 30.3 Å². The van der Waals surface area contributed by atoms with Gasteiger partial charge >= 0.3 is 17.3 Å². The van der Waals surface area contributed by atoms with Crippen molar-refractivity contribution in [2.45, 2.75) is 6.18 Å². The van der Waals surface area contributed by atoms with Gasteiger partial charge in [-0.3, -0.25) is 4.72 Å². The van der Waals surface area contributed by atoms with Gasteiger partial charge in [-0.2, -0.15) is 13.2 Å². The third kappa shape index (κ3) is 5.04. The van der Waals surface area contributed by atoms with Crippen molar-refractivity contribution < 1.29 is 21.6 Å². The summed E-state index contributed by atoms with van der Waals surface area (Å²) in [5.74, 6) is 0. The maximum Gasteiger partial charge on any atom is 0.417 e. The van der Waals surface area contributed by atoms with Gasteiger partial charge in [-0.25, -0.2) is 8.42 Å². The van der Waals surface area contributed by atoms with Crippen LogP contribution in [-0.2, 0) is 16.2 Å². The summed E-state index contributed by atoms with van der Waals surface area (Å²) < 4.78 is 65.2. The van der Waals surface area contributed by atoms with Crippen LogP contribution in [0.15, 0.2) is 36.4 Å². The Balaban J connectivity index is 2.70. The van der Waals surface area contributed by atoms with Crippen LogP contribution < -0.4 is 4.72 Å². The van der Waals surface area contributed by atoms with E-state index in [-0.39, 0.29) is 27.5 Å². The number of nitrogens with one attached hydrogen (secondary N) is 1. The Bertz CT molecular complexity index is 980. The molecule has 2 rings (SSSR count). The Kier molecular flexibility index (Phi) is 5.56. The predicted octanol–water partition coefficient (Wildman–Crippen LogP) is 5.25. The summed E-state index contributed by atoms with van der Waals surface area (Å²) in [5, 5.41) is 1.91. The Labute approximate surface area is 152 Å². The quantitative estimate of drug-likeness (QED) is 0.539. The lowest BCUT2D eigenvalue weighted by Gasteiger charge is -2.14. The van der Waals surface area contributed by atoms with Gasteiger partial charge in [-0.15, -0.1) is 0 Å². The number of nitrogens with zero attached hydrogens (tertiary/aromatic N) is 1. The molecule has 0 spiro atoms. The first-order chi connectivity index (χ1) is 11.5. The lowest BCUT2D eigenvalue weighted by Crippen LogP contribution is -2.10. The smallest absolute Gasteiger partial charge is 0.284 e. The molecule has 0 bridgehead atoms. The lowest BCUT2D eigenvalue weighted by molar-refractivity contribution is -0.137. The number of hydrogen-bond acceptors (Lipinski definition) is 3. The van der Waals surface area contributed by atoms with E-state index in [1.807, 2.05) is 0 Å². The van der Waals surface area contributed by atoms with Crippen LogP contribution in [-0.4, -0.2) is 14.7 Å². The van der Waals surface area contributed by atoms with Crippen LogP contribution in [0.5, 0.6) is 0 Å². The topological polar surface area (TPSA) is 50.5 Å². The molecule has 2 aromatic rings. The average Bonchev–Trinajstić information content (AvgIpc) is 2.44. The molecule has 0 saturated heterocycles. The van der Waals surface area contributed by atoms with Gasteiger partial charge in [0.25, 0.3) is 0 Å². The second-order valence-corrected chi connectivity index (χ2v) is 7.37. The summed E-state index contributed by atoms with van der Waals surface area (Å²) in [5.41, 5.74) is -1.10. The lowest BCUT2D eigenvalue weighted by atomic mass is 9.98. The molecule has 1 N–H and O–H groups in total. The van der Waals surface area contributed by atoms with E-state index >= 15 is 0 Å². The SMILES string of the molecule is CS(=O)(=O)Nc1cccc(-c2c(Cl)cc([N+]#CS)cc2C(F)(F)F)c1. The standard InChI is InChI=1S/C15H10ClF3N2O2S2/c1-25(22,23)21-10-4-2-3-9(5-10)14-12(15(17,18)19)6-11(20-8-24)7-13(14)16/h2-7,21H,1H3/p+1. The van der Waals surface area contributed by atoms with Gasteiger partial charge in [0, 0.05) is 23.4 Å². The van der Waals surface area contributed by atoms with E-state index in [4.69, 9.17) is 11.6 Å². The fourth-order valence-electron chi connectivity index (χ4n) is 2.18. The Morgan fingerprint density at radius 1 is 1.24 bits per heavy atom. The molecular weight excluding hydrogens is 397 g/mol. The summed E-state index contributed by atoms with van der Waals surface area (Å²) in [6.45, 7) is 0. The van der Waals surface area contributed by atoms with Crippen molar-refractivity contribution in [3.05, 3.63) is 51.8 Å². The monoisotopic (exact) mass is 407 g/mol. The van der Waals surface area contributed by atoms with Crippen molar-refractivity contribution in [3.8, 4) is 16.5 Å². The molecule has 2 aromatic carbocycles. The van der Waals surface area contributed by atoms with Crippen LogP contribution in [0.25, 0.3) is 16.0 Å².